The van der Waals surface area contributed by atoms with E-state index in [0.717, 1.165) is 37.4 Å². The van der Waals surface area contributed by atoms with Crippen molar-refractivity contribution in [1.82, 2.24) is 14.6 Å². The summed E-state index contributed by atoms with van der Waals surface area (Å²) >= 11 is 0. The Labute approximate surface area is 181 Å². The molecule has 4 rings (SSSR count). The lowest BCUT2D eigenvalue weighted by atomic mass is 10.2. The van der Waals surface area contributed by atoms with Crippen molar-refractivity contribution < 1.29 is 4.52 Å². The van der Waals surface area contributed by atoms with E-state index < -0.39 is 0 Å². The second kappa shape index (κ2) is 12.9. The molecule has 0 spiro atoms. The van der Waals surface area contributed by atoms with Crippen molar-refractivity contribution in [1.29, 1.82) is 0 Å². The van der Waals surface area contributed by atoms with Gasteiger partial charge in [0.15, 0.2) is 0 Å². The van der Waals surface area contributed by atoms with Gasteiger partial charge in [-0.1, -0.05) is 41.5 Å². The molecule has 0 atom stereocenters. The molecule has 166 valence electrons. The highest BCUT2D eigenvalue weighted by atomic mass is 16.5. The summed E-state index contributed by atoms with van der Waals surface area (Å²) in [6.45, 7) is 18.1. The monoisotopic (exact) mass is 414 g/mol. The maximum Gasteiger partial charge on any atom is 0.297 e. The SMILES string of the molecule is CC.CC.CC.Cc1ccnc2on(-c3ccc(N4CCN(C)CC4)cc3)c(=O)c12. The summed E-state index contributed by atoms with van der Waals surface area (Å²) < 4.78 is 6.96. The van der Waals surface area contributed by atoms with Gasteiger partial charge in [-0.3, -0.25) is 4.79 Å². The number of rotatable bonds is 2. The van der Waals surface area contributed by atoms with Crippen molar-refractivity contribution in [3.05, 3.63) is 52.4 Å². The number of fused-ring (bicyclic) bond motifs is 1. The first kappa shape index (κ1) is 25.4. The maximum absolute atomic E-state index is 12.6. The van der Waals surface area contributed by atoms with Gasteiger partial charge < -0.3 is 14.3 Å². The number of hydrogen-bond acceptors (Lipinski definition) is 5. The van der Waals surface area contributed by atoms with Gasteiger partial charge in [-0.15, -0.1) is 4.74 Å². The van der Waals surface area contributed by atoms with Crippen LogP contribution in [0.1, 0.15) is 47.1 Å². The van der Waals surface area contributed by atoms with Crippen LogP contribution in [0.15, 0.2) is 45.8 Å². The lowest BCUT2D eigenvalue weighted by Crippen LogP contribution is -2.44. The van der Waals surface area contributed by atoms with E-state index in [0.29, 0.717) is 11.1 Å². The van der Waals surface area contributed by atoms with E-state index in [-0.39, 0.29) is 5.56 Å². The molecule has 1 aliphatic heterocycles. The largest absolute Gasteiger partial charge is 0.369 e. The fraction of sp³-hybridized carbons (Fsp3) is 0.500. The van der Waals surface area contributed by atoms with Crippen molar-refractivity contribution in [2.24, 2.45) is 0 Å². The Morgan fingerprint density at radius 1 is 0.833 bits per heavy atom. The normalized spacial score (nSPS) is 13.4. The van der Waals surface area contributed by atoms with E-state index in [2.05, 4.69) is 21.8 Å². The lowest BCUT2D eigenvalue weighted by Gasteiger charge is -2.34. The summed E-state index contributed by atoms with van der Waals surface area (Å²) in [5.74, 6) is 0. The van der Waals surface area contributed by atoms with Crippen LogP contribution < -0.4 is 10.5 Å². The molecule has 6 heteroatoms. The van der Waals surface area contributed by atoms with Crippen molar-refractivity contribution in [3.8, 4) is 5.69 Å². The summed E-state index contributed by atoms with van der Waals surface area (Å²) in [6.07, 6.45) is 1.65. The van der Waals surface area contributed by atoms with E-state index in [9.17, 15) is 4.79 Å². The van der Waals surface area contributed by atoms with Crippen LogP contribution in [0.4, 0.5) is 5.69 Å². The topological polar surface area (TPSA) is 54.5 Å². The number of aromatic nitrogens is 2. The van der Waals surface area contributed by atoms with E-state index in [1.165, 1.54) is 10.4 Å². The molecule has 3 heterocycles. The van der Waals surface area contributed by atoms with Gasteiger partial charge in [-0.05, 0) is 49.9 Å². The Kier molecular flexibility index (Phi) is 10.9. The van der Waals surface area contributed by atoms with E-state index in [1.807, 2.05) is 78.8 Å². The van der Waals surface area contributed by atoms with Gasteiger partial charge in [0.25, 0.3) is 11.3 Å². The van der Waals surface area contributed by atoms with E-state index >= 15 is 0 Å². The average Bonchev–Trinajstić information content (AvgIpc) is 3.16. The molecule has 1 aliphatic rings. The smallest absolute Gasteiger partial charge is 0.297 e. The van der Waals surface area contributed by atoms with E-state index in [1.54, 1.807) is 6.20 Å². The predicted molar refractivity (Wildman–Crippen MR) is 128 cm³/mol. The number of pyridine rings is 1. The van der Waals surface area contributed by atoms with Gasteiger partial charge in [-0.2, -0.15) is 0 Å². The molecular formula is C24H38N4O2. The highest BCUT2D eigenvalue weighted by molar-refractivity contribution is 5.76. The molecule has 0 amide bonds. The number of hydrogen-bond donors (Lipinski definition) is 0. The second-order valence-corrected chi connectivity index (χ2v) is 6.31. The zero-order chi connectivity index (χ0) is 22.7. The Balaban J connectivity index is 0.000000691. The van der Waals surface area contributed by atoms with Gasteiger partial charge in [-0.25, -0.2) is 4.98 Å². The molecule has 1 aromatic carbocycles. The number of likely N-dealkylation sites (N-methyl/N-ethyl adjacent to an activating group) is 1. The number of piperazine rings is 1. The Bertz CT molecular complexity index is 921. The van der Waals surface area contributed by atoms with Crippen LogP contribution in [0.5, 0.6) is 0 Å². The zero-order valence-electron chi connectivity index (χ0n) is 19.9. The van der Waals surface area contributed by atoms with Crippen LogP contribution in [-0.4, -0.2) is 47.9 Å². The number of anilines is 1. The molecule has 0 saturated carbocycles. The predicted octanol–water partition coefficient (Wildman–Crippen LogP) is 5.12. The van der Waals surface area contributed by atoms with Crippen molar-refractivity contribution in [3.63, 3.8) is 0 Å². The molecule has 0 unspecified atom stereocenters. The van der Waals surface area contributed by atoms with E-state index in [4.69, 9.17) is 4.52 Å². The molecule has 0 N–H and O–H groups in total. The van der Waals surface area contributed by atoms with Crippen LogP contribution >= 0.6 is 0 Å². The zero-order valence-corrected chi connectivity index (χ0v) is 19.9. The minimum Gasteiger partial charge on any atom is -0.369 e. The van der Waals surface area contributed by atoms with Gasteiger partial charge >= 0.3 is 0 Å². The minimum atomic E-state index is -0.164. The van der Waals surface area contributed by atoms with Crippen LogP contribution in [0.25, 0.3) is 16.8 Å². The summed E-state index contributed by atoms with van der Waals surface area (Å²) in [6, 6.07) is 9.75. The number of benzene rings is 1. The van der Waals surface area contributed by atoms with Gasteiger partial charge in [0.05, 0.1) is 5.69 Å². The molecule has 3 aromatic rings. The summed E-state index contributed by atoms with van der Waals surface area (Å²) in [5.41, 5.74) is 2.98. The van der Waals surface area contributed by atoms with Crippen molar-refractivity contribution in [2.75, 3.05) is 38.1 Å². The maximum atomic E-state index is 12.6. The average molecular weight is 415 g/mol. The molecular weight excluding hydrogens is 376 g/mol. The molecule has 2 aromatic heterocycles. The standard InChI is InChI=1S/C18H20N4O2.3C2H6/c1-13-7-8-19-17-16(13)18(23)22(24-17)15-5-3-14(4-6-15)21-11-9-20(2)10-12-21;3*1-2/h3-8H,9-12H2,1-2H3;3*1-2H3. The third kappa shape index (κ3) is 5.72. The van der Waals surface area contributed by atoms with Gasteiger partial charge in [0.2, 0.25) is 0 Å². The van der Waals surface area contributed by atoms with Crippen LogP contribution in [0.2, 0.25) is 0 Å². The first-order valence-corrected chi connectivity index (χ1v) is 11.1. The highest BCUT2D eigenvalue weighted by Crippen LogP contribution is 2.20. The second-order valence-electron chi connectivity index (χ2n) is 6.31. The quantitative estimate of drug-likeness (QED) is 0.583. The highest BCUT2D eigenvalue weighted by Gasteiger charge is 2.16. The third-order valence-corrected chi connectivity index (χ3v) is 4.65. The molecule has 1 fully saturated rings. The molecule has 6 nitrogen and oxygen atoms in total. The molecule has 30 heavy (non-hydrogen) atoms. The van der Waals surface area contributed by atoms with Crippen LogP contribution in [0.3, 0.4) is 0 Å². The molecule has 0 aliphatic carbocycles. The van der Waals surface area contributed by atoms with Crippen LogP contribution in [0, 0.1) is 6.92 Å². The van der Waals surface area contributed by atoms with Crippen LogP contribution in [-0.2, 0) is 0 Å². The fourth-order valence-corrected chi connectivity index (χ4v) is 3.13. The third-order valence-electron chi connectivity index (χ3n) is 4.65. The van der Waals surface area contributed by atoms with Gasteiger partial charge in [0.1, 0.15) is 5.39 Å². The summed E-state index contributed by atoms with van der Waals surface area (Å²) in [4.78, 5) is 21.4. The van der Waals surface area contributed by atoms with Crippen molar-refractivity contribution in [2.45, 2.75) is 48.5 Å². The Morgan fingerprint density at radius 2 is 1.37 bits per heavy atom. The number of nitrogens with zero attached hydrogens (tertiary/aromatic N) is 4. The molecule has 1 saturated heterocycles. The Morgan fingerprint density at radius 3 is 1.90 bits per heavy atom. The number of aryl methyl sites for hydroxylation is 1. The van der Waals surface area contributed by atoms with Gasteiger partial charge in [0, 0.05) is 38.1 Å². The van der Waals surface area contributed by atoms with Crippen molar-refractivity contribution >= 4 is 16.8 Å². The fourth-order valence-electron chi connectivity index (χ4n) is 3.13. The molecule has 0 bridgehead atoms. The molecule has 0 radical (unpaired) electrons. The lowest BCUT2D eigenvalue weighted by molar-refractivity contribution is 0.313. The summed E-state index contributed by atoms with van der Waals surface area (Å²) in [7, 11) is 2.14. The Hall–Kier alpha value is -2.60. The minimum absolute atomic E-state index is 0.164. The summed E-state index contributed by atoms with van der Waals surface area (Å²) in [5, 5.41) is 0.542. The first-order valence-electron chi connectivity index (χ1n) is 11.1. The first-order chi connectivity index (χ1) is 14.6.